The van der Waals surface area contributed by atoms with Gasteiger partial charge in [-0.15, -0.1) is 5.06 Å². The number of nitrogens with zero attached hydrogens (tertiary/aromatic N) is 1. The molecule has 0 radical (unpaired) electrons. The summed E-state index contributed by atoms with van der Waals surface area (Å²) in [7, 11) is 0. The van der Waals surface area contributed by atoms with Crippen LogP contribution in [-0.4, -0.2) is 34.6 Å². The fourth-order valence-electron chi connectivity index (χ4n) is 4.60. The summed E-state index contributed by atoms with van der Waals surface area (Å²) in [5.41, 5.74) is -0.0650. The molecule has 2 aromatic carbocycles. The van der Waals surface area contributed by atoms with E-state index in [-0.39, 0.29) is 25.0 Å². The maximum absolute atomic E-state index is 13.0. The number of hydrogen-bond donors (Lipinski definition) is 0. The Balaban J connectivity index is 1.59. The summed E-state index contributed by atoms with van der Waals surface area (Å²) in [6.45, 7) is 9.62. The van der Waals surface area contributed by atoms with Crippen LogP contribution in [0.2, 0.25) is 0 Å². The van der Waals surface area contributed by atoms with Gasteiger partial charge in [-0.25, -0.2) is 4.79 Å². The summed E-state index contributed by atoms with van der Waals surface area (Å²) >= 11 is 0. The van der Waals surface area contributed by atoms with Gasteiger partial charge in [-0.05, 0) is 47.9 Å². The van der Waals surface area contributed by atoms with E-state index >= 15 is 0 Å². The predicted molar refractivity (Wildman–Crippen MR) is 140 cm³/mol. The fraction of sp³-hybridized carbons (Fsp3) is 0.433. The molecule has 0 saturated carbocycles. The molecule has 0 aliphatic carbocycles. The zero-order valence-electron chi connectivity index (χ0n) is 22.6. The van der Waals surface area contributed by atoms with Crippen molar-refractivity contribution in [2.45, 2.75) is 66.7 Å². The molecule has 2 amide bonds. The number of amides is 2. The molecule has 1 heterocycles. The molecule has 0 spiro atoms. The predicted octanol–water partition coefficient (Wildman–Crippen LogP) is 5.29. The molecule has 1 aliphatic heterocycles. The minimum Gasteiger partial charge on any atom is -0.427 e. The molecular formula is C30H35NO7. The highest BCUT2D eigenvalue weighted by Gasteiger charge is 2.47. The maximum Gasteiger partial charge on any atom is 0.336 e. The summed E-state index contributed by atoms with van der Waals surface area (Å²) in [5, 5.41) is 0.574. The summed E-state index contributed by atoms with van der Waals surface area (Å²) in [6.07, 6.45) is 1.03. The van der Waals surface area contributed by atoms with Crippen molar-refractivity contribution in [1.29, 1.82) is 0 Å². The Morgan fingerprint density at radius 3 is 1.97 bits per heavy atom. The van der Waals surface area contributed by atoms with Crippen LogP contribution in [0.3, 0.4) is 0 Å². The van der Waals surface area contributed by atoms with E-state index in [0.29, 0.717) is 34.8 Å². The van der Waals surface area contributed by atoms with Crippen molar-refractivity contribution in [2.75, 3.05) is 0 Å². The lowest BCUT2D eigenvalue weighted by atomic mass is 9.59. The number of carbonyl (C=O) groups is 5. The van der Waals surface area contributed by atoms with E-state index < -0.39 is 40.5 Å². The van der Waals surface area contributed by atoms with Crippen molar-refractivity contribution in [3.63, 3.8) is 0 Å². The zero-order valence-corrected chi connectivity index (χ0v) is 22.6. The normalized spacial score (nSPS) is 14.8. The van der Waals surface area contributed by atoms with Gasteiger partial charge in [-0.1, -0.05) is 65.0 Å². The van der Waals surface area contributed by atoms with Crippen molar-refractivity contribution in [3.8, 4) is 5.75 Å². The molecule has 3 rings (SSSR count). The van der Waals surface area contributed by atoms with E-state index in [1.54, 1.807) is 48.5 Å². The van der Waals surface area contributed by atoms with Gasteiger partial charge in [0.15, 0.2) is 5.78 Å². The first-order chi connectivity index (χ1) is 17.9. The third-order valence-corrected chi connectivity index (χ3v) is 7.83. The third kappa shape index (κ3) is 6.36. The molecule has 1 aliphatic rings. The smallest absolute Gasteiger partial charge is 0.336 e. The van der Waals surface area contributed by atoms with E-state index in [4.69, 9.17) is 9.57 Å². The topological polar surface area (TPSA) is 107 Å². The zero-order chi connectivity index (χ0) is 28.1. The van der Waals surface area contributed by atoms with Crippen LogP contribution in [0.1, 0.15) is 82.6 Å². The van der Waals surface area contributed by atoms with Crippen LogP contribution in [0, 0.1) is 16.7 Å². The highest BCUT2D eigenvalue weighted by molar-refractivity contribution is 6.09. The minimum atomic E-state index is -0.637. The molecule has 0 bridgehead atoms. The van der Waals surface area contributed by atoms with Gasteiger partial charge < -0.3 is 9.57 Å². The second kappa shape index (κ2) is 11.7. The van der Waals surface area contributed by atoms with Crippen molar-refractivity contribution in [1.82, 2.24) is 5.06 Å². The van der Waals surface area contributed by atoms with Crippen LogP contribution in [0.25, 0.3) is 0 Å². The minimum absolute atomic E-state index is 0.0337. The van der Waals surface area contributed by atoms with Crippen molar-refractivity contribution < 1.29 is 33.5 Å². The second-order valence-corrected chi connectivity index (χ2v) is 10.8. The number of rotatable bonds is 11. The lowest BCUT2D eigenvalue weighted by Crippen LogP contribution is -2.45. The van der Waals surface area contributed by atoms with E-state index in [1.165, 1.54) is 0 Å². The van der Waals surface area contributed by atoms with Crippen LogP contribution in [0.4, 0.5) is 0 Å². The van der Waals surface area contributed by atoms with Crippen molar-refractivity contribution >= 4 is 29.5 Å². The molecule has 1 atom stereocenters. The Labute approximate surface area is 223 Å². The molecule has 38 heavy (non-hydrogen) atoms. The number of benzene rings is 2. The number of ketones is 1. The van der Waals surface area contributed by atoms with E-state index in [9.17, 15) is 24.0 Å². The molecular weight excluding hydrogens is 486 g/mol. The van der Waals surface area contributed by atoms with Gasteiger partial charge in [0.25, 0.3) is 11.8 Å². The van der Waals surface area contributed by atoms with E-state index in [2.05, 4.69) is 0 Å². The summed E-state index contributed by atoms with van der Waals surface area (Å²) in [6, 6.07) is 15.4. The van der Waals surface area contributed by atoms with Crippen LogP contribution in [0.15, 0.2) is 54.6 Å². The largest absolute Gasteiger partial charge is 0.427 e. The van der Waals surface area contributed by atoms with Gasteiger partial charge in [0.05, 0.1) is 5.92 Å². The van der Waals surface area contributed by atoms with E-state index in [1.807, 2.05) is 40.7 Å². The molecule has 2 aromatic rings. The molecule has 1 saturated heterocycles. The lowest BCUT2D eigenvalue weighted by Gasteiger charge is -2.46. The summed E-state index contributed by atoms with van der Waals surface area (Å²) in [5.74, 6) is -2.49. The van der Waals surface area contributed by atoms with Crippen LogP contribution in [-0.2, 0) is 24.0 Å². The number of ether oxygens (including phenoxy) is 1. The monoisotopic (exact) mass is 521 g/mol. The highest BCUT2D eigenvalue weighted by atomic mass is 16.7. The molecule has 0 N–H and O–H groups in total. The molecule has 202 valence electrons. The molecule has 0 aromatic heterocycles. The number of hydrogen-bond acceptors (Lipinski definition) is 7. The Hall–Kier alpha value is -3.81. The van der Waals surface area contributed by atoms with Gasteiger partial charge in [-0.2, -0.15) is 0 Å². The van der Waals surface area contributed by atoms with Gasteiger partial charge in [0.2, 0.25) is 0 Å². The van der Waals surface area contributed by atoms with E-state index in [0.717, 1.165) is 0 Å². The third-order valence-electron chi connectivity index (χ3n) is 7.83. The Bertz CT molecular complexity index is 1180. The number of imide groups is 1. The highest BCUT2D eigenvalue weighted by Crippen LogP contribution is 2.49. The quantitative estimate of drug-likeness (QED) is 0.171. The second-order valence-electron chi connectivity index (χ2n) is 10.8. The molecule has 8 heteroatoms. The van der Waals surface area contributed by atoms with Crippen molar-refractivity contribution in [3.05, 3.63) is 65.7 Å². The van der Waals surface area contributed by atoms with Gasteiger partial charge >= 0.3 is 11.9 Å². The molecule has 1 unspecified atom stereocenters. The first-order valence-electron chi connectivity index (χ1n) is 12.9. The summed E-state index contributed by atoms with van der Waals surface area (Å²) in [4.78, 5) is 67.2. The maximum atomic E-state index is 13.0. The standard InChI is InChI=1S/C30H35NO7/c1-6-23(28(36)38-31-24(32)16-17-25(31)33)30(4,5)29(2,3)19-18-26(34)37-22-14-12-21(13-15-22)27(35)20-10-8-7-9-11-20/h7-15,23H,6,16-19H2,1-5H3. The van der Waals surface area contributed by atoms with Gasteiger partial charge in [0.1, 0.15) is 5.75 Å². The average molecular weight is 522 g/mol. The summed E-state index contributed by atoms with van der Waals surface area (Å²) < 4.78 is 5.49. The van der Waals surface area contributed by atoms with Crippen LogP contribution >= 0.6 is 0 Å². The molecule has 8 nitrogen and oxygen atoms in total. The van der Waals surface area contributed by atoms with Crippen molar-refractivity contribution in [2.24, 2.45) is 16.7 Å². The van der Waals surface area contributed by atoms with Gasteiger partial charge in [0, 0.05) is 30.4 Å². The Morgan fingerprint density at radius 1 is 0.868 bits per heavy atom. The Morgan fingerprint density at radius 2 is 1.42 bits per heavy atom. The van der Waals surface area contributed by atoms with Crippen LogP contribution < -0.4 is 4.74 Å². The number of hydroxylamine groups is 2. The van der Waals surface area contributed by atoms with Crippen LogP contribution in [0.5, 0.6) is 5.75 Å². The number of carbonyl (C=O) groups excluding carboxylic acids is 5. The fourth-order valence-corrected chi connectivity index (χ4v) is 4.60. The number of esters is 1. The Kier molecular flexibility index (Phi) is 8.86. The van der Waals surface area contributed by atoms with Gasteiger partial charge in [-0.3, -0.25) is 19.2 Å². The SMILES string of the molecule is CCC(C(=O)ON1C(=O)CCC1=O)C(C)(C)C(C)(C)CCC(=O)Oc1ccc(C(=O)c2ccccc2)cc1. The lowest BCUT2D eigenvalue weighted by molar-refractivity contribution is -0.205. The molecule has 1 fully saturated rings. The average Bonchev–Trinajstić information content (AvgIpc) is 3.20. The first-order valence-corrected chi connectivity index (χ1v) is 12.9. The first kappa shape index (κ1) is 28.8.